The summed E-state index contributed by atoms with van der Waals surface area (Å²) in [6.07, 6.45) is 1.13. The van der Waals surface area contributed by atoms with Crippen molar-refractivity contribution in [3.8, 4) is 11.1 Å². The normalized spacial score (nSPS) is 10.9. The summed E-state index contributed by atoms with van der Waals surface area (Å²) >= 11 is 0. The summed E-state index contributed by atoms with van der Waals surface area (Å²) in [6.45, 7) is 1.95. The standard InChI is InChI=1S/C20H21F2N5O2/c1-2-25-8-4-7-17(19(25)28)15-6-3-5-14(9-15)11-26-13-24-27(20(26)29)12-16(10-23)18(21)22/h3-9,13H,2,10-12,23H2,1H3. The zero-order valence-corrected chi connectivity index (χ0v) is 15.9. The van der Waals surface area contributed by atoms with E-state index in [9.17, 15) is 18.4 Å². The van der Waals surface area contributed by atoms with E-state index in [0.29, 0.717) is 12.1 Å². The summed E-state index contributed by atoms with van der Waals surface area (Å²) in [6, 6.07) is 10.8. The molecule has 0 spiro atoms. The minimum absolute atomic E-state index is 0.0912. The molecule has 3 rings (SSSR count). The van der Waals surface area contributed by atoms with Crippen LogP contribution in [0.3, 0.4) is 0 Å². The summed E-state index contributed by atoms with van der Waals surface area (Å²) in [4.78, 5) is 25.0. The minimum atomic E-state index is -1.90. The van der Waals surface area contributed by atoms with Crippen molar-refractivity contribution in [2.45, 2.75) is 26.6 Å². The quantitative estimate of drug-likeness (QED) is 0.656. The van der Waals surface area contributed by atoms with Crippen molar-refractivity contribution in [2.24, 2.45) is 5.73 Å². The molecule has 29 heavy (non-hydrogen) atoms. The van der Waals surface area contributed by atoms with E-state index in [0.717, 1.165) is 15.8 Å². The first-order chi connectivity index (χ1) is 13.9. The lowest BCUT2D eigenvalue weighted by molar-refractivity contribution is 0.400. The van der Waals surface area contributed by atoms with Gasteiger partial charge in [0.25, 0.3) is 11.6 Å². The molecule has 152 valence electrons. The maximum atomic E-state index is 12.8. The zero-order chi connectivity index (χ0) is 21.0. The van der Waals surface area contributed by atoms with Gasteiger partial charge in [-0.1, -0.05) is 18.2 Å². The van der Waals surface area contributed by atoms with Crippen molar-refractivity contribution in [2.75, 3.05) is 6.54 Å². The third-order valence-corrected chi connectivity index (χ3v) is 4.60. The highest BCUT2D eigenvalue weighted by Crippen LogP contribution is 2.17. The molecule has 1 aromatic carbocycles. The van der Waals surface area contributed by atoms with Gasteiger partial charge >= 0.3 is 5.69 Å². The zero-order valence-electron chi connectivity index (χ0n) is 15.9. The molecule has 2 aromatic heterocycles. The first-order valence-electron chi connectivity index (χ1n) is 9.08. The van der Waals surface area contributed by atoms with Gasteiger partial charge in [0.05, 0.1) is 13.1 Å². The van der Waals surface area contributed by atoms with Crippen molar-refractivity contribution < 1.29 is 8.78 Å². The van der Waals surface area contributed by atoms with Crippen LogP contribution in [0.15, 0.2) is 70.2 Å². The Balaban J connectivity index is 1.88. The van der Waals surface area contributed by atoms with E-state index in [1.165, 1.54) is 10.9 Å². The maximum absolute atomic E-state index is 12.8. The van der Waals surface area contributed by atoms with Crippen molar-refractivity contribution in [1.82, 2.24) is 18.9 Å². The Labute approximate surface area is 165 Å². The first-order valence-corrected chi connectivity index (χ1v) is 9.08. The number of aryl methyl sites for hydroxylation is 1. The van der Waals surface area contributed by atoms with Crippen LogP contribution in [0.4, 0.5) is 8.78 Å². The second-order valence-corrected chi connectivity index (χ2v) is 6.48. The minimum Gasteiger partial charge on any atom is -0.327 e. The van der Waals surface area contributed by atoms with E-state index >= 15 is 0 Å². The Bertz CT molecular complexity index is 1160. The third-order valence-electron chi connectivity index (χ3n) is 4.60. The molecule has 0 atom stereocenters. The van der Waals surface area contributed by atoms with E-state index in [1.54, 1.807) is 22.9 Å². The smallest absolute Gasteiger partial charge is 0.327 e. The summed E-state index contributed by atoms with van der Waals surface area (Å²) < 4.78 is 29.4. The van der Waals surface area contributed by atoms with Crippen molar-refractivity contribution >= 4 is 0 Å². The molecule has 0 aliphatic carbocycles. The van der Waals surface area contributed by atoms with Crippen molar-refractivity contribution in [1.29, 1.82) is 0 Å². The summed E-state index contributed by atoms with van der Waals surface area (Å²) in [7, 11) is 0. The molecule has 0 radical (unpaired) electrons. The monoisotopic (exact) mass is 401 g/mol. The molecule has 9 heteroatoms. The molecule has 0 aliphatic rings. The number of nitrogens with zero attached hydrogens (tertiary/aromatic N) is 4. The number of hydrogen-bond donors (Lipinski definition) is 1. The predicted octanol–water partition coefficient (Wildman–Crippen LogP) is 2.05. The van der Waals surface area contributed by atoms with Gasteiger partial charge in [-0.05, 0) is 36.2 Å². The van der Waals surface area contributed by atoms with Crippen molar-refractivity contribution in [3.05, 3.63) is 87.0 Å². The molecular weight excluding hydrogens is 380 g/mol. The Hall–Kier alpha value is -3.33. The summed E-state index contributed by atoms with van der Waals surface area (Å²) in [5.74, 6) is 0. The molecule has 0 amide bonds. The van der Waals surface area contributed by atoms with E-state index in [4.69, 9.17) is 5.73 Å². The number of pyridine rings is 1. The van der Waals surface area contributed by atoms with Crippen LogP contribution in [0.25, 0.3) is 11.1 Å². The molecule has 2 N–H and O–H groups in total. The Morgan fingerprint density at radius 3 is 2.62 bits per heavy atom. The van der Waals surface area contributed by atoms with Gasteiger partial charge in [0, 0.05) is 30.4 Å². The van der Waals surface area contributed by atoms with Crippen LogP contribution in [-0.4, -0.2) is 25.5 Å². The van der Waals surface area contributed by atoms with Gasteiger partial charge in [-0.15, -0.1) is 0 Å². The van der Waals surface area contributed by atoms with Gasteiger partial charge in [0.1, 0.15) is 6.33 Å². The molecule has 0 saturated carbocycles. The Morgan fingerprint density at radius 2 is 1.93 bits per heavy atom. The average molecular weight is 401 g/mol. The largest absolute Gasteiger partial charge is 0.346 e. The fourth-order valence-corrected chi connectivity index (χ4v) is 3.01. The van der Waals surface area contributed by atoms with Crippen LogP contribution in [0.2, 0.25) is 0 Å². The molecule has 0 saturated heterocycles. The van der Waals surface area contributed by atoms with Gasteiger partial charge in [-0.3, -0.25) is 9.36 Å². The Morgan fingerprint density at radius 1 is 1.14 bits per heavy atom. The second kappa shape index (κ2) is 8.78. The highest BCUT2D eigenvalue weighted by atomic mass is 19.3. The van der Waals surface area contributed by atoms with E-state index < -0.39 is 11.8 Å². The lowest BCUT2D eigenvalue weighted by Gasteiger charge is -2.08. The van der Waals surface area contributed by atoms with Crippen LogP contribution < -0.4 is 17.0 Å². The topological polar surface area (TPSA) is 87.8 Å². The van der Waals surface area contributed by atoms with Gasteiger partial charge < -0.3 is 10.3 Å². The van der Waals surface area contributed by atoms with Gasteiger partial charge in [-0.2, -0.15) is 13.9 Å². The number of aromatic nitrogens is 4. The van der Waals surface area contributed by atoms with Crippen LogP contribution in [0.1, 0.15) is 12.5 Å². The molecule has 3 aromatic rings. The van der Waals surface area contributed by atoms with E-state index in [1.807, 2.05) is 31.2 Å². The van der Waals surface area contributed by atoms with Gasteiger partial charge in [-0.25, -0.2) is 9.48 Å². The number of rotatable bonds is 7. The predicted molar refractivity (Wildman–Crippen MR) is 106 cm³/mol. The SMILES string of the molecule is CCn1cccc(-c2cccc(Cn3cnn(CC(CN)=C(F)F)c3=O)c2)c1=O. The Kier molecular flexibility index (Phi) is 6.18. The van der Waals surface area contributed by atoms with Crippen molar-refractivity contribution in [3.63, 3.8) is 0 Å². The van der Waals surface area contributed by atoms with E-state index in [-0.39, 0.29) is 30.8 Å². The fourth-order valence-electron chi connectivity index (χ4n) is 3.01. The first kappa shape index (κ1) is 20.4. The van der Waals surface area contributed by atoms with Gasteiger partial charge in [0.15, 0.2) is 0 Å². The summed E-state index contributed by atoms with van der Waals surface area (Å²) in [5, 5.41) is 3.89. The van der Waals surface area contributed by atoms with E-state index in [2.05, 4.69) is 5.10 Å². The second-order valence-electron chi connectivity index (χ2n) is 6.48. The molecule has 0 bridgehead atoms. The third kappa shape index (κ3) is 4.40. The molecule has 0 fully saturated rings. The van der Waals surface area contributed by atoms with Crippen LogP contribution in [0.5, 0.6) is 0 Å². The number of hydrogen-bond acceptors (Lipinski definition) is 4. The van der Waals surface area contributed by atoms with Crippen LogP contribution >= 0.6 is 0 Å². The lowest BCUT2D eigenvalue weighted by Crippen LogP contribution is -2.27. The molecule has 0 aliphatic heterocycles. The number of halogens is 2. The van der Waals surface area contributed by atoms with Gasteiger partial charge in [0.2, 0.25) is 0 Å². The van der Waals surface area contributed by atoms with Crippen LogP contribution in [0, 0.1) is 0 Å². The molecule has 0 unspecified atom stereocenters. The molecular formula is C20H21F2N5O2. The number of benzene rings is 1. The average Bonchev–Trinajstić information content (AvgIpc) is 3.05. The highest BCUT2D eigenvalue weighted by Gasteiger charge is 2.12. The maximum Gasteiger partial charge on any atom is 0.346 e. The fraction of sp³-hybridized carbons (Fsp3) is 0.250. The summed E-state index contributed by atoms with van der Waals surface area (Å²) in [5.41, 5.74) is 6.43. The lowest BCUT2D eigenvalue weighted by atomic mass is 10.0. The number of nitrogens with two attached hydrogens (primary N) is 1. The highest BCUT2D eigenvalue weighted by molar-refractivity contribution is 5.63. The van der Waals surface area contributed by atoms with Crippen LogP contribution in [-0.2, 0) is 19.6 Å². The molecule has 7 nitrogen and oxygen atoms in total. The molecule has 2 heterocycles.